The van der Waals surface area contributed by atoms with Crippen LogP contribution >= 0.6 is 0 Å². The van der Waals surface area contributed by atoms with Crippen molar-refractivity contribution in [2.24, 2.45) is 5.41 Å². The first-order valence-corrected chi connectivity index (χ1v) is 4.59. The largest absolute Gasteiger partial charge is 2.00 e. The Labute approximate surface area is 127 Å². The summed E-state index contributed by atoms with van der Waals surface area (Å²) in [4.78, 5) is 21.4. The number of hydrogen-bond donors (Lipinski definition) is 4. The van der Waals surface area contributed by atoms with Gasteiger partial charge in [0, 0.05) is 12.0 Å². The van der Waals surface area contributed by atoms with Gasteiger partial charge >= 0.3 is 43.7 Å². The van der Waals surface area contributed by atoms with Crippen molar-refractivity contribution in [2.45, 2.75) is 26.4 Å². The Hall–Kier alpha value is 0.120. The number of nitrogens with one attached hydrogen (secondary N) is 1. The van der Waals surface area contributed by atoms with E-state index < -0.39 is 23.4 Å². The minimum absolute atomic E-state index is 0. The van der Waals surface area contributed by atoms with Gasteiger partial charge in [-0.1, -0.05) is 13.8 Å². The Morgan fingerprint density at radius 2 is 1.94 bits per heavy atom. The molecule has 6 nitrogen and oxygen atoms in total. The van der Waals surface area contributed by atoms with E-state index in [-0.39, 0.29) is 60.2 Å². The van der Waals surface area contributed by atoms with E-state index in [0.29, 0.717) is 0 Å². The molecule has 1 atom stereocenters. The SMILES string of the molecule is CC(C)(CO)C(O)C(=O)NCCC(=O)O.[Ca+2].[H-].[H-]. The van der Waals surface area contributed by atoms with E-state index >= 15 is 0 Å². The molecule has 0 bridgehead atoms. The van der Waals surface area contributed by atoms with Gasteiger partial charge in [0.15, 0.2) is 0 Å². The summed E-state index contributed by atoms with van der Waals surface area (Å²) in [5.41, 5.74) is -0.937. The number of amides is 1. The van der Waals surface area contributed by atoms with Crippen molar-refractivity contribution >= 4 is 49.6 Å². The fraction of sp³-hybridized carbons (Fsp3) is 0.778. The van der Waals surface area contributed by atoms with E-state index in [9.17, 15) is 14.7 Å². The zero-order valence-corrected chi connectivity index (χ0v) is 11.8. The van der Waals surface area contributed by atoms with Crippen molar-refractivity contribution in [3.8, 4) is 0 Å². The quantitative estimate of drug-likeness (QED) is 0.449. The summed E-state index contributed by atoms with van der Waals surface area (Å²) < 4.78 is 0. The number of carbonyl (C=O) groups is 2. The Bertz CT molecular complexity index is 253. The van der Waals surface area contributed by atoms with Gasteiger partial charge in [-0.3, -0.25) is 9.59 Å². The van der Waals surface area contributed by atoms with Crippen molar-refractivity contribution in [2.75, 3.05) is 13.2 Å². The molecule has 0 aromatic rings. The summed E-state index contributed by atoms with van der Waals surface area (Å²) in [6, 6.07) is 0. The molecule has 0 spiro atoms. The molecule has 4 N–H and O–H groups in total. The normalized spacial score (nSPS) is 12.5. The Morgan fingerprint density at radius 3 is 2.31 bits per heavy atom. The summed E-state index contributed by atoms with van der Waals surface area (Å²) in [6.07, 6.45) is -1.55. The molecular weight excluding hydrogens is 242 g/mol. The van der Waals surface area contributed by atoms with Gasteiger partial charge in [-0.25, -0.2) is 0 Å². The van der Waals surface area contributed by atoms with Gasteiger partial charge < -0.3 is 23.5 Å². The van der Waals surface area contributed by atoms with Crippen LogP contribution in [0.4, 0.5) is 0 Å². The molecule has 0 aromatic carbocycles. The minimum atomic E-state index is -1.35. The number of aliphatic hydroxyl groups excluding tert-OH is 2. The number of aliphatic carboxylic acids is 1. The molecule has 0 radical (unpaired) electrons. The van der Waals surface area contributed by atoms with E-state index in [1.54, 1.807) is 0 Å². The van der Waals surface area contributed by atoms with Gasteiger partial charge in [0.1, 0.15) is 6.10 Å². The van der Waals surface area contributed by atoms with Crippen LogP contribution in [0.1, 0.15) is 23.1 Å². The van der Waals surface area contributed by atoms with E-state index in [2.05, 4.69) is 5.32 Å². The fourth-order valence-electron chi connectivity index (χ4n) is 0.831. The van der Waals surface area contributed by atoms with Crippen LogP contribution in [0, 0.1) is 5.41 Å². The Kier molecular flexibility index (Phi) is 9.53. The Morgan fingerprint density at radius 1 is 1.44 bits per heavy atom. The molecule has 0 heterocycles. The second-order valence-electron chi connectivity index (χ2n) is 3.98. The molecule has 0 aliphatic carbocycles. The zero-order chi connectivity index (χ0) is 12.1. The van der Waals surface area contributed by atoms with Crippen LogP contribution in [0.25, 0.3) is 0 Å². The number of aliphatic hydroxyl groups is 2. The molecule has 0 saturated carbocycles. The summed E-state index contributed by atoms with van der Waals surface area (Å²) in [6.45, 7) is 2.70. The average molecular weight is 261 g/mol. The van der Waals surface area contributed by atoms with E-state index in [1.165, 1.54) is 13.8 Å². The molecule has 16 heavy (non-hydrogen) atoms. The van der Waals surface area contributed by atoms with Crippen molar-refractivity contribution < 1.29 is 27.8 Å². The van der Waals surface area contributed by atoms with Crippen LogP contribution in [0.15, 0.2) is 0 Å². The van der Waals surface area contributed by atoms with E-state index in [1.807, 2.05) is 0 Å². The van der Waals surface area contributed by atoms with Crippen molar-refractivity contribution in [3.63, 3.8) is 0 Å². The summed E-state index contributed by atoms with van der Waals surface area (Å²) in [5.74, 6) is -1.69. The molecule has 7 heteroatoms. The standard InChI is InChI=1S/C9H17NO5.Ca.2H/c1-9(2,5-11)7(14)8(15)10-4-3-6(12)13;;;/h7,11,14H,3-5H2,1-2H3,(H,10,15)(H,12,13);;;/q;+2;2*-1. The Balaban J connectivity index is -0.000000327. The van der Waals surface area contributed by atoms with Gasteiger partial charge in [0.05, 0.1) is 13.0 Å². The molecule has 0 aromatic heterocycles. The fourth-order valence-corrected chi connectivity index (χ4v) is 0.831. The topological polar surface area (TPSA) is 107 Å². The predicted octanol–water partition coefficient (Wildman–Crippen LogP) is -1.20. The molecular formula is C9H19CaNO5. The van der Waals surface area contributed by atoms with Crippen LogP contribution in [0.5, 0.6) is 0 Å². The number of carboxylic acid groups (broad SMARTS) is 1. The summed E-state index contributed by atoms with van der Waals surface area (Å²) in [7, 11) is 0. The van der Waals surface area contributed by atoms with Crippen molar-refractivity contribution in [3.05, 3.63) is 0 Å². The van der Waals surface area contributed by atoms with Crippen LogP contribution in [-0.2, 0) is 9.59 Å². The third-order valence-corrected chi connectivity index (χ3v) is 2.03. The van der Waals surface area contributed by atoms with Gasteiger partial charge in [0.25, 0.3) is 0 Å². The van der Waals surface area contributed by atoms with Crippen LogP contribution < -0.4 is 5.32 Å². The number of carboxylic acids is 1. The van der Waals surface area contributed by atoms with Gasteiger partial charge in [0.2, 0.25) is 5.91 Å². The smallest absolute Gasteiger partial charge is 1.00 e. The molecule has 1 amide bonds. The first-order chi connectivity index (χ1) is 6.81. The predicted molar refractivity (Wildman–Crippen MR) is 60.1 cm³/mol. The van der Waals surface area contributed by atoms with Crippen LogP contribution in [-0.4, -0.2) is 84.2 Å². The van der Waals surface area contributed by atoms with Crippen LogP contribution in [0.3, 0.4) is 0 Å². The molecule has 0 aliphatic rings. The average Bonchev–Trinajstić information content (AvgIpc) is 2.15. The number of rotatable bonds is 6. The number of carbonyl (C=O) groups excluding carboxylic acids is 1. The first-order valence-electron chi connectivity index (χ1n) is 4.59. The first kappa shape index (κ1) is 18.5. The van der Waals surface area contributed by atoms with Gasteiger partial charge in [-0.2, -0.15) is 0 Å². The second kappa shape index (κ2) is 8.25. The molecule has 92 valence electrons. The third kappa shape index (κ3) is 6.65. The molecule has 0 rings (SSSR count). The summed E-state index contributed by atoms with van der Waals surface area (Å²) >= 11 is 0. The minimum Gasteiger partial charge on any atom is -1.00 e. The third-order valence-electron chi connectivity index (χ3n) is 2.03. The van der Waals surface area contributed by atoms with E-state index in [4.69, 9.17) is 10.2 Å². The second-order valence-corrected chi connectivity index (χ2v) is 3.98. The maximum absolute atomic E-state index is 11.3. The zero-order valence-electron chi connectivity index (χ0n) is 11.6. The number of hydrogen-bond acceptors (Lipinski definition) is 4. The molecule has 0 aliphatic heterocycles. The van der Waals surface area contributed by atoms with Crippen LogP contribution in [0.2, 0.25) is 0 Å². The van der Waals surface area contributed by atoms with Gasteiger partial charge in [-0.05, 0) is 0 Å². The maximum atomic E-state index is 11.3. The van der Waals surface area contributed by atoms with Gasteiger partial charge in [-0.15, -0.1) is 0 Å². The molecule has 0 saturated heterocycles. The van der Waals surface area contributed by atoms with E-state index in [0.717, 1.165) is 0 Å². The van der Waals surface area contributed by atoms with Crippen molar-refractivity contribution in [1.82, 2.24) is 5.32 Å². The summed E-state index contributed by atoms with van der Waals surface area (Å²) in [5, 5.41) is 29.0. The van der Waals surface area contributed by atoms with Crippen molar-refractivity contribution in [1.29, 1.82) is 0 Å². The maximum Gasteiger partial charge on any atom is 2.00 e. The molecule has 0 fully saturated rings. The molecule has 1 unspecified atom stereocenters. The monoisotopic (exact) mass is 261 g/mol.